The smallest absolute Gasteiger partial charge is 0.321 e. The van der Waals surface area contributed by atoms with Crippen molar-refractivity contribution in [2.24, 2.45) is 5.92 Å². The molecular weight excluding hydrogens is 366 g/mol. The van der Waals surface area contributed by atoms with Crippen LogP contribution in [0.1, 0.15) is 35.2 Å². The zero-order chi connectivity index (χ0) is 20.6. The normalized spacial score (nSPS) is 14.3. The minimum absolute atomic E-state index is 0.0379. The number of benzene rings is 2. The Bertz CT molecular complexity index is 845. The van der Waals surface area contributed by atoms with Gasteiger partial charge in [0.1, 0.15) is 5.75 Å². The first-order valence-electron chi connectivity index (χ1n) is 10.1. The summed E-state index contributed by atoms with van der Waals surface area (Å²) in [6, 6.07) is 14.9. The van der Waals surface area contributed by atoms with Gasteiger partial charge in [-0.25, -0.2) is 4.79 Å². The molecule has 0 aliphatic carbocycles. The van der Waals surface area contributed by atoms with E-state index in [9.17, 15) is 9.59 Å². The zero-order valence-electron chi connectivity index (χ0n) is 17.1. The molecule has 2 aromatic carbocycles. The minimum atomic E-state index is -0.0843. The fourth-order valence-electron chi connectivity index (χ4n) is 3.59. The predicted octanol–water partition coefficient (Wildman–Crippen LogP) is 4.07. The topological polar surface area (TPSA) is 70.7 Å². The molecule has 29 heavy (non-hydrogen) atoms. The summed E-state index contributed by atoms with van der Waals surface area (Å²) in [4.78, 5) is 26.6. The number of nitrogens with zero attached hydrogens (tertiary/aromatic N) is 1. The van der Waals surface area contributed by atoms with Crippen molar-refractivity contribution >= 4 is 17.6 Å². The number of ether oxygens (including phenoxy) is 1. The van der Waals surface area contributed by atoms with Crippen molar-refractivity contribution < 1.29 is 14.3 Å². The molecule has 0 spiro atoms. The minimum Gasteiger partial charge on any atom is -0.497 e. The number of methoxy groups -OCH3 is 1. The fraction of sp³-hybridized carbons (Fsp3) is 0.391. The van der Waals surface area contributed by atoms with Gasteiger partial charge in [-0.3, -0.25) is 4.79 Å². The molecule has 2 aromatic rings. The number of urea groups is 1. The third-order valence-corrected chi connectivity index (χ3v) is 5.46. The Hall–Kier alpha value is -3.02. The first-order chi connectivity index (χ1) is 14.1. The molecule has 154 valence electrons. The highest BCUT2D eigenvalue weighted by molar-refractivity contribution is 5.94. The van der Waals surface area contributed by atoms with Crippen molar-refractivity contribution in [2.75, 3.05) is 32.1 Å². The maximum Gasteiger partial charge on any atom is 0.321 e. The quantitative estimate of drug-likeness (QED) is 0.775. The molecule has 1 aliphatic rings. The monoisotopic (exact) mass is 395 g/mol. The zero-order valence-corrected chi connectivity index (χ0v) is 17.1. The van der Waals surface area contributed by atoms with E-state index in [4.69, 9.17) is 4.74 Å². The number of rotatable bonds is 6. The Kier molecular flexibility index (Phi) is 7.11. The molecule has 0 aromatic heterocycles. The molecule has 1 fully saturated rings. The average Bonchev–Trinajstić information content (AvgIpc) is 2.75. The number of hydrogen-bond donors (Lipinski definition) is 2. The number of likely N-dealkylation sites (tertiary alicyclic amines) is 1. The Balaban J connectivity index is 1.39. The standard InChI is InChI=1S/C23H29N3O3/c1-17-6-3-4-9-21(17)25-23(28)26-14-11-18(12-15-26)10-13-24-22(27)19-7-5-8-20(16-19)29-2/h3-9,16,18H,10-15H2,1-2H3,(H,24,27)(H,25,28). The second kappa shape index (κ2) is 9.96. The van der Waals surface area contributed by atoms with Gasteiger partial charge in [-0.2, -0.15) is 0 Å². The molecule has 0 saturated carbocycles. The maximum atomic E-state index is 12.5. The number of aryl methyl sites for hydroxylation is 1. The summed E-state index contributed by atoms with van der Waals surface area (Å²) < 4.78 is 5.16. The van der Waals surface area contributed by atoms with E-state index < -0.39 is 0 Å². The van der Waals surface area contributed by atoms with E-state index >= 15 is 0 Å². The van der Waals surface area contributed by atoms with Crippen molar-refractivity contribution in [1.82, 2.24) is 10.2 Å². The van der Waals surface area contributed by atoms with Crippen molar-refractivity contribution in [3.8, 4) is 5.75 Å². The van der Waals surface area contributed by atoms with Gasteiger partial charge < -0.3 is 20.3 Å². The van der Waals surface area contributed by atoms with E-state index in [1.807, 2.05) is 48.2 Å². The van der Waals surface area contributed by atoms with Crippen molar-refractivity contribution in [3.63, 3.8) is 0 Å². The Morgan fingerprint density at radius 3 is 2.59 bits per heavy atom. The van der Waals surface area contributed by atoms with Crippen LogP contribution in [-0.2, 0) is 0 Å². The van der Waals surface area contributed by atoms with E-state index in [-0.39, 0.29) is 11.9 Å². The lowest BCUT2D eigenvalue weighted by Gasteiger charge is -2.32. The van der Waals surface area contributed by atoms with Crippen LogP contribution >= 0.6 is 0 Å². The number of piperidine rings is 1. The van der Waals surface area contributed by atoms with E-state index in [1.54, 1.807) is 19.2 Å². The van der Waals surface area contributed by atoms with Gasteiger partial charge in [0.2, 0.25) is 0 Å². The molecular formula is C23H29N3O3. The predicted molar refractivity (Wildman–Crippen MR) is 114 cm³/mol. The fourth-order valence-corrected chi connectivity index (χ4v) is 3.59. The first-order valence-corrected chi connectivity index (χ1v) is 10.1. The number of anilines is 1. The van der Waals surface area contributed by atoms with Crippen LogP contribution in [0.15, 0.2) is 48.5 Å². The number of nitrogens with one attached hydrogen (secondary N) is 2. The number of amides is 3. The van der Waals surface area contributed by atoms with Crippen LogP contribution in [0.2, 0.25) is 0 Å². The Morgan fingerprint density at radius 1 is 1.10 bits per heavy atom. The van der Waals surface area contributed by atoms with Gasteiger partial charge in [-0.05, 0) is 61.9 Å². The van der Waals surface area contributed by atoms with E-state index in [0.717, 1.165) is 43.6 Å². The van der Waals surface area contributed by atoms with Crippen LogP contribution in [0.5, 0.6) is 5.75 Å². The molecule has 1 saturated heterocycles. The van der Waals surface area contributed by atoms with Gasteiger partial charge in [-0.15, -0.1) is 0 Å². The molecule has 6 heteroatoms. The van der Waals surface area contributed by atoms with Crippen LogP contribution < -0.4 is 15.4 Å². The number of hydrogen-bond acceptors (Lipinski definition) is 3. The Morgan fingerprint density at radius 2 is 1.86 bits per heavy atom. The van der Waals surface area contributed by atoms with Gasteiger partial charge in [0.05, 0.1) is 7.11 Å². The van der Waals surface area contributed by atoms with Gasteiger partial charge in [-0.1, -0.05) is 24.3 Å². The van der Waals surface area contributed by atoms with E-state index in [2.05, 4.69) is 10.6 Å². The molecule has 3 amide bonds. The van der Waals surface area contributed by atoms with Gasteiger partial charge in [0.25, 0.3) is 5.91 Å². The molecule has 0 bridgehead atoms. The van der Waals surface area contributed by atoms with Crippen LogP contribution in [0.25, 0.3) is 0 Å². The summed E-state index contributed by atoms with van der Waals surface area (Å²) in [5.74, 6) is 1.11. The second-order valence-corrected chi connectivity index (χ2v) is 7.45. The molecule has 6 nitrogen and oxygen atoms in total. The highest BCUT2D eigenvalue weighted by atomic mass is 16.5. The molecule has 0 unspecified atom stereocenters. The molecule has 3 rings (SSSR count). The number of carbonyl (C=O) groups excluding carboxylic acids is 2. The van der Waals surface area contributed by atoms with Crippen molar-refractivity contribution in [1.29, 1.82) is 0 Å². The highest BCUT2D eigenvalue weighted by Crippen LogP contribution is 2.22. The lowest BCUT2D eigenvalue weighted by molar-refractivity contribution is 0.0949. The van der Waals surface area contributed by atoms with Crippen LogP contribution in [0.3, 0.4) is 0 Å². The lowest BCUT2D eigenvalue weighted by atomic mass is 9.93. The second-order valence-electron chi connectivity index (χ2n) is 7.45. The van der Waals surface area contributed by atoms with E-state index in [0.29, 0.717) is 23.8 Å². The molecule has 0 atom stereocenters. The lowest BCUT2D eigenvalue weighted by Crippen LogP contribution is -2.41. The first kappa shape index (κ1) is 20.7. The average molecular weight is 396 g/mol. The van der Waals surface area contributed by atoms with Crippen LogP contribution in [-0.4, -0.2) is 43.6 Å². The van der Waals surface area contributed by atoms with Crippen molar-refractivity contribution in [3.05, 3.63) is 59.7 Å². The SMILES string of the molecule is COc1cccc(C(=O)NCCC2CCN(C(=O)Nc3ccccc3C)CC2)c1. The summed E-state index contributed by atoms with van der Waals surface area (Å²) in [6.07, 6.45) is 2.83. The third kappa shape index (κ3) is 5.73. The summed E-state index contributed by atoms with van der Waals surface area (Å²) in [5, 5.41) is 5.98. The van der Waals surface area contributed by atoms with E-state index in [1.165, 1.54) is 0 Å². The number of para-hydroxylation sites is 1. The summed E-state index contributed by atoms with van der Waals surface area (Å²) in [6.45, 7) is 4.11. The highest BCUT2D eigenvalue weighted by Gasteiger charge is 2.23. The number of carbonyl (C=O) groups is 2. The third-order valence-electron chi connectivity index (χ3n) is 5.46. The maximum absolute atomic E-state index is 12.5. The molecule has 0 radical (unpaired) electrons. The Labute approximate surface area is 172 Å². The van der Waals surface area contributed by atoms with Gasteiger partial charge in [0.15, 0.2) is 0 Å². The van der Waals surface area contributed by atoms with Crippen LogP contribution in [0.4, 0.5) is 10.5 Å². The van der Waals surface area contributed by atoms with Crippen molar-refractivity contribution in [2.45, 2.75) is 26.2 Å². The summed E-state index contributed by atoms with van der Waals surface area (Å²) in [5.41, 5.74) is 2.52. The molecule has 2 N–H and O–H groups in total. The summed E-state index contributed by atoms with van der Waals surface area (Å²) in [7, 11) is 1.59. The van der Waals surface area contributed by atoms with Gasteiger partial charge in [0, 0.05) is 30.9 Å². The van der Waals surface area contributed by atoms with Gasteiger partial charge >= 0.3 is 6.03 Å². The largest absolute Gasteiger partial charge is 0.497 e. The van der Waals surface area contributed by atoms with Crippen LogP contribution in [0, 0.1) is 12.8 Å². The molecule has 1 heterocycles. The summed E-state index contributed by atoms with van der Waals surface area (Å²) >= 11 is 0. The molecule has 1 aliphatic heterocycles.